The van der Waals surface area contributed by atoms with E-state index in [0.29, 0.717) is 24.3 Å². The fourth-order valence-electron chi connectivity index (χ4n) is 3.38. The number of piperidine rings is 1. The molecule has 1 N–H and O–H groups in total. The SMILES string of the molecule is CCOC(=O)c1ccc(C)c(NC(=O)c2cc(S(=O)(=O)N3CCCCC3)ccc2Cl)c1. The van der Waals surface area contributed by atoms with Crippen LogP contribution in [0.4, 0.5) is 5.69 Å². The summed E-state index contributed by atoms with van der Waals surface area (Å²) in [4.78, 5) is 25.0. The minimum atomic E-state index is -3.71. The molecule has 3 rings (SSSR count). The van der Waals surface area contributed by atoms with Crippen LogP contribution in [0.15, 0.2) is 41.3 Å². The number of hydrogen-bond acceptors (Lipinski definition) is 5. The first kappa shape index (κ1) is 23.2. The first-order chi connectivity index (χ1) is 14.7. The fraction of sp³-hybridized carbons (Fsp3) is 0.364. The number of carbonyl (C=O) groups excluding carboxylic acids is 2. The Hall–Kier alpha value is -2.42. The molecule has 0 aliphatic carbocycles. The molecular weight excluding hydrogens is 440 g/mol. The molecule has 1 aliphatic rings. The fourth-order valence-corrected chi connectivity index (χ4v) is 5.13. The lowest BCUT2D eigenvalue weighted by Crippen LogP contribution is -2.35. The molecule has 1 heterocycles. The van der Waals surface area contributed by atoms with Crippen LogP contribution in [0.25, 0.3) is 0 Å². The monoisotopic (exact) mass is 464 g/mol. The smallest absolute Gasteiger partial charge is 0.338 e. The van der Waals surface area contributed by atoms with Crippen molar-refractivity contribution in [1.82, 2.24) is 4.31 Å². The maximum Gasteiger partial charge on any atom is 0.338 e. The van der Waals surface area contributed by atoms with Crippen LogP contribution >= 0.6 is 11.6 Å². The van der Waals surface area contributed by atoms with Gasteiger partial charge in [0, 0.05) is 18.8 Å². The predicted molar refractivity (Wildman–Crippen MR) is 119 cm³/mol. The largest absolute Gasteiger partial charge is 0.462 e. The van der Waals surface area contributed by atoms with Gasteiger partial charge >= 0.3 is 5.97 Å². The van der Waals surface area contributed by atoms with E-state index in [1.165, 1.54) is 28.6 Å². The van der Waals surface area contributed by atoms with E-state index in [1.54, 1.807) is 26.0 Å². The van der Waals surface area contributed by atoms with Gasteiger partial charge in [0.25, 0.3) is 5.91 Å². The second-order valence-corrected chi connectivity index (χ2v) is 9.66. The summed E-state index contributed by atoms with van der Waals surface area (Å²) in [5.41, 5.74) is 1.49. The number of halogens is 1. The third kappa shape index (κ3) is 5.26. The van der Waals surface area contributed by atoms with Crippen molar-refractivity contribution >= 4 is 39.2 Å². The number of sulfonamides is 1. The molecule has 1 saturated heterocycles. The van der Waals surface area contributed by atoms with Gasteiger partial charge in [-0.2, -0.15) is 4.31 Å². The Morgan fingerprint density at radius 3 is 2.48 bits per heavy atom. The highest BCUT2D eigenvalue weighted by atomic mass is 35.5. The van der Waals surface area contributed by atoms with Gasteiger partial charge in [-0.15, -0.1) is 0 Å². The van der Waals surface area contributed by atoms with E-state index < -0.39 is 21.9 Å². The molecule has 0 aromatic heterocycles. The Morgan fingerprint density at radius 1 is 1.10 bits per heavy atom. The average molecular weight is 465 g/mol. The number of ether oxygens (including phenoxy) is 1. The van der Waals surface area contributed by atoms with Gasteiger partial charge in [-0.1, -0.05) is 24.1 Å². The zero-order valence-corrected chi connectivity index (χ0v) is 19.1. The molecule has 31 heavy (non-hydrogen) atoms. The van der Waals surface area contributed by atoms with E-state index in [9.17, 15) is 18.0 Å². The normalized spacial score (nSPS) is 14.8. The zero-order chi connectivity index (χ0) is 22.6. The van der Waals surface area contributed by atoms with Crippen molar-refractivity contribution in [2.24, 2.45) is 0 Å². The lowest BCUT2D eigenvalue weighted by Gasteiger charge is -2.26. The topological polar surface area (TPSA) is 92.8 Å². The van der Waals surface area contributed by atoms with Gasteiger partial charge in [-0.3, -0.25) is 4.79 Å². The molecule has 1 fully saturated rings. The standard InChI is InChI=1S/C22H25ClN2O5S/c1-3-30-22(27)16-8-7-15(2)20(13-16)24-21(26)18-14-17(9-10-19(18)23)31(28,29)25-11-5-4-6-12-25/h7-10,13-14H,3-6,11-12H2,1-2H3,(H,24,26). The minimum Gasteiger partial charge on any atom is -0.462 e. The molecule has 2 aromatic carbocycles. The first-order valence-corrected chi connectivity index (χ1v) is 11.9. The number of nitrogens with one attached hydrogen (secondary N) is 1. The van der Waals surface area contributed by atoms with Crippen LogP contribution in [-0.4, -0.2) is 44.3 Å². The summed E-state index contributed by atoms with van der Waals surface area (Å²) >= 11 is 6.21. The molecule has 0 radical (unpaired) electrons. The summed E-state index contributed by atoms with van der Waals surface area (Å²) in [7, 11) is -3.71. The van der Waals surface area contributed by atoms with Crippen molar-refractivity contribution in [3.8, 4) is 0 Å². The number of amides is 1. The van der Waals surface area contributed by atoms with Crippen LogP contribution in [0, 0.1) is 6.92 Å². The molecule has 2 aromatic rings. The van der Waals surface area contributed by atoms with Gasteiger partial charge in [0.2, 0.25) is 10.0 Å². The maximum absolute atomic E-state index is 13.0. The van der Waals surface area contributed by atoms with E-state index in [1.807, 2.05) is 0 Å². The Balaban J connectivity index is 1.88. The lowest BCUT2D eigenvalue weighted by molar-refractivity contribution is 0.0526. The van der Waals surface area contributed by atoms with Crippen LogP contribution in [0.1, 0.15) is 52.5 Å². The summed E-state index contributed by atoms with van der Waals surface area (Å²) < 4.78 is 32.4. The van der Waals surface area contributed by atoms with Gasteiger partial charge in [-0.25, -0.2) is 13.2 Å². The Morgan fingerprint density at radius 2 is 1.81 bits per heavy atom. The predicted octanol–water partition coefficient (Wildman–Crippen LogP) is 4.25. The minimum absolute atomic E-state index is 0.0287. The first-order valence-electron chi connectivity index (χ1n) is 10.1. The summed E-state index contributed by atoms with van der Waals surface area (Å²) in [5, 5.41) is 2.86. The lowest BCUT2D eigenvalue weighted by atomic mass is 10.1. The van der Waals surface area contributed by atoms with Gasteiger partial charge < -0.3 is 10.1 Å². The van der Waals surface area contributed by atoms with E-state index in [0.717, 1.165) is 24.8 Å². The number of hydrogen-bond donors (Lipinski definition) is 1. The highest BCUT2D eigenvalue weighted by molar-refractivity contribution is 7.89. The van der Waals surface area contributed by atoms with Crippen molar-refractivity contribution in [1.29, 1.82) is 0 Å². The van der Waals surface area contributed by atoms with Crippen molar-refractivity contribution in [3.63, 3.8) is 0 Å². The molecular formula is C22H25ClN2O5S. The number of nitrogens with zero attached hydrogens (tertiary/aromatic N) is 1. The number of rotatable bonds is 6. The molecule has 166 valence electrons. The van der Waals surface area contributed by atoms with Crippen molar-refractivity contribution in [2.75, 3.05) is 25.0 Å². The van der Waals surface area contributed by atoms with Gasteiger partial charge in [0.05, 0.1) is 27.7 Å². The van der Waals surface area contributed by atoms with Crippen LogP contribution in [0.2, 0.25) is 5.02 Å². The molecule has 1 amide bonds. The quantitative estimate of drug-likeness (QED) is 0.645. The average Bonchev–Trinajstić information content (AvgIpc) is 2.76. The van der Waals surface area contributed by atoms with Crippen molar-refractivity contribution in [2.45, 2.75) is 38.0 Å². The van der Waals surface area contributed by atoms with Crippen LogP contribution in [-0.2, 0) is 14.8 Å². The number of anilines is 1. The Kier molecular flexibility index (Phi) is 7.35. The second kappa shape index (κ2) is 9.80. The van der Waals surface area contributed by atoms with Crippen LogP contribution in [0.5, 0.6) is 0 Å². The highest BCUT2D eigenvalue weighted by Crippen LogP contribution is 2.26. The van der Waals surface area contributed by atoms with Gasteiger partial charge in [0.15, 0.2) is 0 Å². The highest BCUT2D eigenvalue weighted by Gasteiger charge is 2.27. The molecule has 0 unspecified atom stereocenters. The molecule has 9 heteroatoms. The Labute approximate surface area is 187 Å². The molecule has 1 aliphatic heterocycles. The van der Waals surface area contributed by atoms with E-state index in [2.05, 4.69) is 5.32 Å². The summed E-state index contributed by atoms with van der Waals surface area (Å²) in [6, 6.07) is 8.95. The molecule has 7 nitrogen and oxygen atoms in total. The zero-order valence-electron chi connectivity index (χ0n) is 17.5. The van der Waals surface area contributed by atoms with E-state index in [-0.39, 0.29) is 22.1 Å². The molecule has 0 bridgehead atoms. The van der Waals surface area contributed by atoms with Gasteiger partial charge in [0.1, 0.15) is 0 Å². The van der Waals surface area contributed by atoms with Crippen LogP contribution < -0.4 is 5.32 Å². The molecule has 0 saturated carbocycles. The number of carbonyl (C=O) groups is 2. The third-order valence-electron chi connectivity index (χ3n) is 5.13. The summed E-state index contributed by atoms with van der Waals surface area (Å²) in [5.74, 6) is -1.06. The number of esters is 1. The van der Waals surface area contributed by atoms with Crippen LogP contribution in [0.3, 0.4) is 0 Å². The number of benzene rings is 2. The third-order valence-corrected chi connectivity index (χ3v) is 7.36. The van der Waals surface area contributed by atoms with Crippen molar-refractivity contribution < 1.29 is 22.7 Å². The van der Waals surface area contributed by atoms with Gasteiger partial charge in [-0.05, 0) is 62.6 Å². The number of aryl methyl sites for hydroxylation is 1. The molecule has 0 atom stereocenters. The maximum atomic E-state index is 13.0. The Bertz CT molecular complexity index is 1100. The summed E-state index contributed by atoms with van der Waals surface area (Å²) in [6.45, 7) is 4.66. The molecule has 0 spiro atoms. The van der Waals surface area contributed by atoms with E-state index >= 15 is 0 Å². The van der Waals surface area contributed by atoms with Crippen molar-refractivity contribution in [3.05, 3.63) is 58.1 Å². The summed E-state index contributed by atoms with van der Waals surface area (Å²) in [6.07, 6.45) is 2.64. The van der Waals surface area contributed by atoms with E-state index in [4.69, 9.17) is 16.3 Å². The second-order valence-electron chi connectivity index (χ2n) is 7.31.